The summed E-state index contributed by atoms with van der Waals surface area (Å²) in [5.41, 5.74) is 4.26. The van der Waals surface area contributed by atoms with Crippen LogP contribution in [-0.4, -0.2) is 31.7 Å². The zero-order valence-electron chi connectivity index (χ0n) is 12.4. The van der Waals surface area contributed by atoms with Gasteiger partial charge in [-0.05, 0) is 6.07 Å². The fourth-order valence-corrected chi connectivity index (χ4v) is 3.02. The van der Waals surface area contributed by atoms with Crippen molar-refractivity contribution in [2.24, 2.45) is 7.05 Å². The average Bonchev–Trinajstić information content (AvgIpc) is 3.12. The van der Waals surface area contributed by atoms with E-state index in [1.54, 1.807) is 4.68 Å². The van der Waals surface area contributed by atoms with E-state index < -0.39 is 0 Å². The van der Waals surface area contributed by atoms with Gasteiger partial charge in [0.05, 0.1) is 17.9 Å². The molecule has 0 aliphatic carbocycles. The summed E-state index contributed by atoms with van der Waals surface area (Å²) in [5.74, 6) is 0.315. The van der Waals surface area contributed by atoms with Crippen molar-refractivity contribution in [3.05, 3.63) is 42.5 Å². The molecule has 112 valence electrons. The highest BCUT2D eigenvalue weighted by Crippen LogP contribution is 2.27. The molecule has 0 spiro atoms. The Morgan fingerprint density at radius 3 is 2.86 bits per heavy atom. The van der Waals surface area contributed by atoms with E-state index in [4.69, 9.17) is 0 Å². The third kappa shape index (κ3) is 2.21. The van der Waals surface area contributed by atoms with Gasteiger partial charge in [0.2, 0.25) is 0 Å². The Hall–Kier alpha value is -2.47. The van der Waals surface area contributed by atoms with E-state index in [1.165, 1.54) is 0 Å². The molecule has 0 radical (unpaired) electrons. The topological polar surface area (TPSA) is 64.2 Å². The first-order chi connectivity index (χ1) is 10.7. The molecule has 0 aromatic carbocycles. The Bertz CT molecular complexity index is 847. The Kier molecular flexibility index (Phi) is 3.04. The summed E-state index contributed by atoms with van der Waals surface area (Å²) in [6.07, 6.45) is 8.85. The van der Waals surface area contributed by atoms with Crippen molar-refractivity contribution in [2.75, 3.05) is 6.54 Å². The van der Waals surface area contributed by atoms with Crippen LogP contribution in [0, 0.1) is 0 Å². The molecule has 1 saturated heterocycles. The Morgan fingerprint density at radius 2 is 2.09 bits per heavy atom. The van der Waals surface area contributed by atoms with Gasteiger partial charge in [-0.2, -0.15) is 10.2 Å². The molecule has 1 aliphatic rings. The van der Waals surface area contributed by atoms with Crippen molar-refractivity contribution in [3.8, 4) is 11.1 Å². The predicted octanol–water partition coefficient (Wildman–Crippen LogP) is 1.73. The number of carbonyl (C=O) groups is 1. The second kappa shape index (κ2) is 5.06. The third-order valence-electron chi connectivity index (χ3n) is 4.19. The predicted molar refractivity (Wildman–Crippen MR) is 82.4 cm³/mol. The van der Waals surface area contributed by atoms with E-state index in [0.29, 0.717) is 18.6 Å². The molecule has 0 bridgehead atoms. The monoisotopic (exact) mass is 295 g/mol. The molecule has 3 aromatic heterocycles. The lowest BCUT2D eigenvalue weighted by molar-refractivity contribution is -0.120. The van der Waals surface area contributed by atoms with Crippen molar-refractivity contribution in [2.45, 2.75) is 18.9 Å². The van der Waals surface area contributed by atoms with Gasteiger partial charge in [-0.3, -0.25) is 9.48 Å². The Morgan fingerprint density at radius 1 is 1.18 bits per heavy atom. The zero-order chi connectivity index (χ0) is 15.1. The van der Waals surface area contributed by atoms with Gasteiger partial charge in [0.1, 0.15) is 5.78 Å². The minimum Gasteiger partial charge on any atom is -0.309 e. The maximum atomic E-state index is 11.7. The van der Waals surface area contributed by atoms with Crippen LogP contribution in [-0.2, 0) is 11.8 Å². The van der Waals surface area contributed by atoms with Gasteiger partial charge >= 0.3 is 0 Å². The minimum absolute atomic E-state index is 0.0722. The maximum Gasteiger partial charge on any atom is 0.136 e. The first kappa shape index (κ1) is 13.2. The number of fused-ring (bicyclic) bond motifs is 1. The van der Waals surface area contributed by atoms with Crippen LogP contribution in [0.1, 0.15) is 24.4 Å². The number of Topliss-reactive ketones (excluding diaryl/α,β-unsaturated/α-hetero) is 1. The molecule has 1 aliphatic heterocycles. The van der Waals surface area contributed by atoms with Crippen LogP contribution in [0.2, 0.25) is 0 Å². The van der Waals surface area contributed by atoms with E-state index in [0.717, 1.165) is 28.8 Å². The molecule has 3 aromatic rings. The van der Waals surface area contributed by atoms with Crippen LogP contribution in [0.5, 0.6) is 0 Å². The lowest BCUT2D eigenvalue weighted by atomic mass is 9.97. The molecule has 6 heteroatoms. The quantitative estimate of drug-likeness (QED) is 0.782. The van der Waals surface area contributed by atoms with E-state index in [-0.39, 0.29) is 6.04 Å². The van der Waals surface area contributed by atoms with Crippen molar-refractivity contribution in [1.29, 1.82) is 0 Å². The number of ketones is 1. The molecule has 1 N–H and O–H groups in total. The first-order valence-electron chi connectivity index (χ1n) is 7.42. The number of aromatic nitrogens is 4. The van der Waals surface area contributed by atoms with Gasteiger partial charge in [-0.15, -0.1) is 0 Å². The average molecular weight is 295 g/mol. The summed E-state index contributed by atoms with van der Waals surface area (Å²) in [6, 6.07) is 4.20. The van der Waals surface area contributed by atoms with Crippen LogP contribution < -0.4 is 5.32 Å². The number of rotatable bonds is 2. The molecule has 22 heavy (non-hydrogen) atoms. The highest BCUT2D eigenvalue weighted by molar-refractivity contribution is 5.80. The molecule has 1 unspecified atom stereocenters. The van der Waals surface area contributed by atoms with Crippen LogP contribution >= 0.6 is 0 Å². The largest absolute Gasteiger partial charge is 0.309 e. The van der Waals surface area contributed by atoms with Crippen molar-refractivity contribution in [1.82, 2.24) is 24.7 Å². The highest BCUT2D eigenvalue weighted by Gasteiger charge is 2.23. The van der Waals surface area contributed by atoms with E-state index in [1.807, 2.05) is 36.4 Å². The van der Waals surface area contributed by atoms with Gasteiger partial charge < -0.3 is 5.32 Å². The van der Waals surface area contributed by atoms with E-state index >= 15 is 0 Å². The standard InChI is InChI=1S/C16H17N5O/c1-20-9-12(7-18-20)11-2-3-16-14(8-19-21(16)10-11)15-6-13(22)4-5-17-15/h2-3,7-10,15,17H,4-6H2,1H3. The smallest absolute Gasteiger partial charge is 0.136 e. The maximum absolute atomic E-state index is 11.7. The SMILES string of the molecule is Cn1cc(-c2ccc3c(C4CC(=O)CCN4)cnn3c2)cn1. The summed E-state index contributed by atoms with van der Waals surface area (Å²) in [6.45, 7) is 0.745. The summed E-state index contributed by atoms with van der Waals surface area (Å²) in [4.78, 5) is 11.7. The first-order valence-corrected chi connectivity index (χ1v) is 7.42. The van der Waals surface area contributed by atoms with Gasteiger partial charge in [-0.25, -0.2) is 4.52 Å². The van der Waals surface area contributed by atoms with E-state index in [2.05, 4.69) is 27.6 Å². The molecule has 0 saturated carbocycles. The van der Waals surface area contributed by atoms with Gasteiger partial charge in [0, 0.05) is 61.6 Å². The molecule has 4 rings (SSSR count). The van der Waals surface area contributed by atoms with Crippen molar-refractivity contribution >= 4 is 11.3 Å². The molecule has 1 atom stereocenters. The summed E-state index contributed by atoms with van der Waals surface area (Å²) >= 11 is 0. The van der Waals surface area contributed by atoms with Crippen LogP contribution in [0.3, 0.4) is 0 Å². The third-order valence-corrected chi connectivity index (χ3v) is 4.19. The minimum atomic E-state index is 0.0722. The number of carbonyl (C=O) groups excluding carboxylic acids is 1. The van der Waals surface area contributed by atoms with E-state index in [9.17, 15) is 4.79 Å². The summed E-state index contributed by atoms with van der Waals surface area (Å²) in [7, 11) is 1.90. The summed E-state index contributed by atoms with van der Waals surface area (Å²) in [5, 5.41) is 12.1. The van der Waals surface area contributed by atoms with Crippen molar-refractivity contribution < 1.29 is 4.79 Å². The molecule has 4 heterocycles. The van der Waals surface area contributed by atoms with Crippen LogP contribution in [0.25, 0.3) is 16.6 Å². The number of pyridine rings is 1. The fraction of sp³-hybridized carbons (Fsp3) is 0.312. The number of hydrogen-bond acceptors (Lipinski definition) is 4. The zero-order valence-corrected chi connectivity index (χ0v) is 12.4. The second-order valence-electron chi connectivity index (χ2n) is 5.75. The number of hydrogen-bond donors (Lipinski definition) is 1. The molecule has 1 fully saturated rings. The number of piperidine rings is 1. The molecule has 0 amide bonds. The molecular weight excluding hydrogens is 278 g/mol. The van der Waals surface area contributed by atoms with Crippen molar-refractivity contribution in [3.63, 3.8) is 0 Å². The normalized spacial score (nSPS) is 19.0. The van der Waals surface area contributed by atoms with Crippen LogP contribution in [0.4, 0.5) is 0 Å². The van der Waals surface area contributed by atoms with Gasteiger partial charge in [-0.1, -0.05) is 6.07 Å². The Balaban J connectivity index is 1.72. The Labute approximate surface area is 127 Å². The van der Waals surface area contributed by atoms with Gasteiger partial charge in [0.25, 0.3) is 0 Å². The molecular formula is C16H17N5O. The number of nitrogens with zero attached hydrogens (tertiary/aromatic N) is 4. The number of nitrogens with one attached hydrogen (secondary N) is 1. The summed E-state index contributed by atoms with van der Waals surface area (Å²) < 4.78 is 3.66. The fourth-order valence-electron chi connectivity index (χ4n) is 3.02. The van der Waals surface area contributed by atoms with Gasteiger partial charge in [0.15, 0.2) is 0 Å². The lowest BCUT2D eigenvalue weighted by Gasteiger charge is -2.21. The number of aryl methyl sites for hydroxylation is 1. The molecule has 6 nitrogen and oxygen atoms in total. The lowest BCUT2D eigenvalue weighted by Crippen LogP contribution is -2.31. The second-order valence-corrected chi connectivity index (χ2v) is 5.75. The highest BCUT2D eigenvalue weighted by atomic mass is 16.1. The van der Waals surface area contributed by atoms with Crippen LogP contribution in [0.15, 0.2) is 36.9 Å².